The van der Waals surface area contributed by atoms with Gasteiger partial charge in [0, 0.05) is 63.0 Å². The van der Waals surface area contributed by atoms with Gasteiger partial charge in [-0.3, -0.25) is 14.5 Å². The summed E-state index contributed by atoms with van der Waals surface area (Å²) in [5.41, 5.74) is 3.69. The molecule has 0 aromatic heterocycles. The molecule has 0 saturated carbocycles. The quantitative estimate of drug-likeness (QED) is 0.586. The fraction of sp³-hybridized carbons (Fsp3) is 0.400. The molecule has 0 amide bonds. The van der Waals surface area contributed by atoms with Gasteiger partial charge in [0.2, 0.25) is 0 Å². The molecular formula is C15H18NO2Y-. The number of rotatable bonds is 1. The van der Waals surface area contributed by atoms with E-state index in [1.165, 1.54) is 11.1 Å². The Hall–Kier alpha value is -0.376. The van der Waals surface area contributed by atoms with Crippen molar-refractivity contribution < 1.29 is 42.3 Å². The van der Waals surface area contributed by atoms with E-state index in [-0.39, 0.29) is 58.1 Å². The summed E-state index contributed by atoms with van der Waals surface area (Å²) in [5.74, 6) is -0.0356. The Morgan fingerprint density at radius 2 is 1.42 bits per heavy atom. The average molecular weight is 333 g/mol. The largest absolute Gasteiger partial charge is 0.358 e. The van der Waals surface area contributed by atoms with E-state index in [9.17, 15) is 9.59 Å². The van der Waals surface area contributed by atoms with Crippen molar-refractivity contribution in [1.82, 2.24) is 4.90 Å². The fourth-order valence-corrected chi connectivity index (χ4v) is 2.64. The summed E-state index contributed by atoms with van der Waals surface area (Å²) in [4.78, 5) is 25.7. The summed E-state index contributed by atoms with van der Waals surface area (Å²) in [7, 11) is 0. The second-order valence-electron chi connectivity index (χ2n) is 5.19. The van der Waals surface area contributed by atoms with Crippen LogP contribution in [-0.4, -0.2) is 22.5 Å². The topological polar surface area (TPSA) is 37.4 Å². The SMILES string of the molecule is CC(C)N1Cc2cc3c(cc2C1)C(=O)CC3=O.[CH3-].[Y]. The van der Waals surface area contributed by atoms with Crippen LogP contribution in [0.2, 0.25) is 0 Å². The van der Waals surface area contributed by atoms with Gasteiger partial charge in [0.15, 0.2) is 11.6 Å². The Kier molecular flexibility index (Phi) is 5.22. The molecule has 2 aliphatic rings. The van der Waals surface area contributed by atoms with Crippen LogP contribution in [0.15, 0.2) is 12.1 Å². The fourth-order valence-electron chi connectivity index (χ4n) is 2.64. The smallest absolute Gasteiger partial charge is 0.171 e. The molecule has 4 heteroatoms. The van der Waals surface area contributed by atoms with Crippen molar-refractivity contribution in [3.05, 3.63) is 41.8 Å². The van der Waals surface area contributed by atoms with Crippen molar-refractivity contribution in [1.29, 1.82) is 0 Å². The van der Waals surface area contributed by atoms with Crippen LogP contribution in [0.1, 0.15) is 52.1 Å². The summed E-state index contributed by atoms with van der Waals surface area (Å²) < 4.78 is 0. The average Bonchev–Trinajstić information content (AvgIpc) is 2.79. The van der Waals surface area contributed by atoms with Gasteiger partial charge in [-0.25, -0.2) is 0 Å². The number of carbonyl (C=O) groups is 2. The molecule has 1 heterocycles. The Balaban J connectivity index is 0.000000902. The maximum Gasteiger partial charge on any atom is 0.171 e. The predicted octanol–water partition coefficient (Wildman–Crippen LogP) is 2.63. The number of hydrogen-bond acceptors (Lipinski definition) is 3. The first-order valence-corrected chi connectivity index (χ1v) is 6.02. The molecule has 1 aromatic carbocycles. The van der Waals surface area contributed by atoms with Crippen LogP contribution in [0.25, 0.3) is 0 Å². The minimum atomic E-state index is -0.0178. The van der Waals surface area contributed by atoms with E-state index < -0.39 is 0 Å². The Morgan fingerprint density at radius 1 is 1.00 bits per heavy atom. The van der Waals surface area contributed by atoms with Gasteiger partial charge in [-0.2, -0.15) is 0 Å². The second kappa shape index (κ2) is 5.94. The molecule has 1 aliphatic carbocycles. The third-order valence-electron chi connectivity index (χ3n) is 3.74. The third-order valence-corrected chi connectivity index (χ3v) is 3.74. The molecule has 1 aromatic rings. The van der Waals surface area contributed by atoms with Gasteiger partial charge >= 0.3 is 0 Å². The first kappa shape index (κ1) is 16.7. The van der Waals surface area contributed by atoms with Crippen molar-refractivity contribution in [2.24, 2.45) is 0 Å². The van der Waals surface area contributed by atoms with Crippen molar-refractivity contribution in [3.63, 3.8) is 0 Å². The number of fused-ring (bicyclic) bond motifs is 2. The van der Waals surface area contributed by atoms with Gasteiger partial charge in [0.1, 0.15) is 0 Å². The predicted molar refractivity (Wildman–Crippen MR) is 70.5 cm³/mol. The van der Waals surface area contributed by atoms with Gasteiger partial charge in [-0.15, -0.1) is 0 Å². The molecule has 19 heavy (non-hydrogen) atoms. The molecule has 0 saturated heterocycles. The first-order chi connectivity index (χ1) is 8.06. The zero-order chi connectivity index (χ0) is 12.2. The van der Waals surface area contributed by atoms with Gasteiger partial charge in [0.25, 0.3) is 0 Å². The molecule has 3 rings (SSSR count). The second-order valence-corrected chi connectivity index (χ2v) is 5.19. The molecule has 0 N–H and O–H groups in total. The summed E-state index contributed by atoms with van der Waals surface area (Å²) in [6.07, 6.45) is 0.0616. The van der Waals surface area contributed by atoms with Crippen LogP contribution in [0.3, 0.4) is 0 Å². The first-order valence-electron chi connectivity index (χ1n) is 6.02. The van der Waals surface area contributed by atoms with Gasteiger partial charge in [0.05, 0.1) is 6.42 Å². The number of ketones is 2. The molecule has 0 fully saturated rings. The van der Waals surface area contributed by atoms with E-state index in [2.05, 4.69) is 18.7 Å². The Bertz CT molecular complexity index is 494. The molecule has 99 valence electrons. The van der Waals surface area contributed by atoms with Crippen LogP contribution in [0.5, 0.6) is 0 Å². The van der Waals surface area contributed by atoms with E-state index >= 15 is 0 Å². The van der Waals surface area contributed by atoms with Crippen LogP contribution >= 0.6 is 0 Å². The maximum absolute atomic E-state index is 11.7. The third kappa shape index (κ3) is 2.74. The number of nitrogens with zero attached hydrogens (tertiary/aromatic N) is 1. The van der Waals surface area contributed by atoms with Crippen molar-refractivity contribution in [2.75, 3.05) is 0 Å². The summed E-state index contributed by atoms with van der Waals surface area (Å²) in [6, 6.07) is 4.35. The minimum Gasteiger partial charge on any atom is -0.358 e. The van der Waals surface area contributed by atoms with Crippen LogP contribution < -0.4 is 0 Å². The van der Waals surface area contributed by atoms with Crippen LogP contribution in [-0.2, 0) is 45.8 Å². The van der Waals surface area contributed by atoms with Gasteiger partial charge in [-0.05, 0) is 37.1 Å². The number of Topliss-reactive ketones (excluding diaryl/α,β-unsaturated/α-hetero) is 2. The molecule has 0 unspecified atom stereocenters. The molecule has 0 bridgehead atoms. The summed E-state index contributed by atoms with van der Waals surface area (Å²) in [6.45, 7) is 6.11. The van der Waals surface area contributed by atoms with Crippen LogP contribution in [0.4, 0.5) is 0 Å². The Morgan fingerprint density at radius 3 is 1.79 bits per heavy atom. The molecule has 0 atom stereocenters. The number of carbonyl (C=O) groups excluding carboxylic acids is 2. The van der Waals surface area contributed by atoms with E-state index in [0.29, 0.717) is 17.2 Å². The normalized spacial score (nSPS) is 17.0. The van der Waals surface area contributed by atoms with E-state index in [0.717, 1.165) is 13.1 Å². The molecule has 3 nitrogen and oxygen atoms in total. The Labute approximate surface area is 139 Å². The molecule has 0 spiro atoms. The standard InChI is InChI=1S/C14H15NO2.CH3.Y/c1-8(2)15-6-9-3-11-12(4-10(9)7-15)14(17)5-13(11)16;;/h3-4,8H,5-7H2,1-2H3;1H3;/q;-1;. The zero-order valence-corrected chi connectivity index (χ0v) is 14.5. The summed E-state index contributed by atoms with van der Waals surface area (Å²) >= 11 is 0. The monoisotopic (exact) mass is 333 g/mol. The zero-order valence-electron chi connectivity index (χ0n) is 11.7. The van der Waals surface area contributed by atoms with E-state index in [1.54, 1.807) is 0 Å². The van der Waals surface area contributed by atoms with Crippen molar-refractivity contribution in [2.45, 2.75) is 39.4 Å². The van der Waals surface area contributed by atoms with Crippen LogP contribution in [0, 0.1) is 7.43 Å². The molecule has 1 aliphatic heterocycles. The number of benzene rings is 1. The molecular weight excluding hydrogens is 315 g/mol. The van der Waals surface area contributed by atoms with E-state index in [4.69, 9.17) is 0 Å². The molecule has 1 radical (unpaired) electrons. The number of hydrogen-bond donors (Lipinski definition) is 0. The van der Waals surface area contributed by atoms with Gasteiger partial charge in [-0.1, -0.05) is 0 Å². The van der Waals surface area contributed by atoms with E-state index in [1.807, 2.05) is 12.1 Å². The maximum atomic E-state index is 11.7. The van der Waals surface area contributed by atoms with Gasteiger partial charge < -0.3 is 7.43 Å². The van der Waals surface area contributed by atoms with Crippen molar-refractivity contribution >= 4 is 11.6 Å². The van der Waals surface area contributed by atoms with Crippen molar-refractivity contribution in [3.8, 4) is 0 Å². The minimum absolute atomic E-state index is 0. The summed E-state index contributed by atoms with van der Waals surface area (Å²) in [5, 5.41) is 0.